The zero-order valence-electron chi connectivity index (χ0n) is 11.4. The second-order valence-corrected chi connectivity index (χ2v) is 5.15. The number of Topliss-reactive ketones (excluding diaryl/α,β-unsaturated/α-hetero) is 1. The maximum absolute atomic E-state index is 14.0. The number of aromatic hydroxyl groups is 1. The molecule has 6 heteroatoms. The number of carbonyl (C=O) groups excluding carboxylic acids is 2. The number of aldehydes is 1. The quantitative estimate of drug-likeness (QED) is 0.662. The molecule has 0 saturated carbocycles. The summed E-state index contributed by atoms with van der Waals surface area (Å²) in [5, 5.41) is 9.25. The van der Waals surface area contributed by atoms with E-state index in [0.29, 0.717) is 13.2 Å². The maximum atomic E-state index is 14.0. The van der Waals surface area contributed by atoms with Crippen LogP contribution in [0.25, 0.3) is 0 Å². The maximum Gasteiger partial charge on any atom is 0.218 e. The number of phenolic OH excluding ortho intramolecular Hbond substituents is 1. The lowest BCUT2D eigenvalue weighted by Gasteiger charge is -2.24. The summed E-state index contributed by atoms with van der Waals surface area (Å²) in [6, 6.07) is 3.27. The van der Waals surface area contributed by atoms with Crippen LogP contribution in [0.15, 0.2) is 18.2 Å². The number of phenols is 1. The van der Waals surface area contributed by atoms with E-state index in [4.69, 9.17) is 0 Å². The Kier molecular flexibility index (Phi) is 4.04. The molecular weight excluding hydrogens is 263 g/mol. The minimum atomic E-state index is -0.686. The molecule has 1 aliphatic rings. The fourth-order valence-corrected chi connectivity index (χ4v) is 2.34. The van der Waals surface area contributed by atoms with Crippen LogP contribution < -0.4 is 4.90 Å². The molecule has 5 nitrogen and oxygen atoms in total. The smallest absolute Gasteiger partial charge is 0.218 e. The van der Waals surface area contributed by atoms with Gasteiger partial charge in [0.2, 0.25) is 5.78 Å². The van der Waals surface area contributed by atoms with Crippen molar-refractivity contribution in [3.63, 3.8) is 0 Å². The average molecular weight is 280 g/mol. The molecule has 0 spiro atoms. The van der Waals surface area contributed by atoms with Crippen molar-refractivity contribution in [3.05, 3.63) is 24.0 Å². The number of hydrogen-bond acceptors (Lipinski definition) is 5. The number of nitrogens with zero attached hydrogens (tertiary/aromatic N) is 2. The van der Waals surface area contributed by atoms with E-state index in [1.807, 2.05) is 18.7 Å². The Morgan fingerprint density at radius 2 is 2.20 bits per heavy atom. The molecule has 0 aliphatic carbocycles. The first-order chi connectivity index (χ1) is 9.43. The lowest BCUT2D eigenvalue weighted by Crippen LogP contribution is -2.38. The molecule has 1 unspecified atom stereocenters. The van der Waals surface area contributed by atoms with Crippen molar-refractivity contribution >= 4 is 17.8 Å². The summed E-state index contributed by atoms with van der Waals surface area (Å²) >= 11 is 0. The van der Waals surface area contributed by atoms with Gasteiger partial charge < -0.3 is 10.0 Å². The van der Waals surface area contributed by atoms with Gasteiger partial charge in [-0.3, -0.25) is 14.5 Å². The Morgan fingerprint density at radius 1 is 1.50 bits per heavy atom. The van der Waals surface area contributed by atoms with E-state index in [1.54, 1.807) is 4.90 Å². The van der Waals surface area contributed by atoms with Crippen LogP contribution >= 0.6 is 0 Å². The largest absolute Gasteiger partial charge is 0.508 e. The summed E-state index contributed by atoms with van der Waals surface area (Å²) in [5.74, 6) is -1.36. The molecule has 1 fully saturated rings. The van der Waals surface area contributed by atoms with Gasteiger partial charge in [0.05, 0.1) is 12.4 Å². The summed E-state index contributed by atoms with van der Waals surface area (Å²) in [5.41, 5.74) is 0.214. The van der Waals surface area contributed by atoms with E-state index >= 15 is 0 Å². The molecule has 1 N–H and O–H groups in total. The fourth-order valence-electron chi connectivity index (χ4n) is 2.34. The van der Waals surface area contributed by atoms with E-state index < -0.39 is 17.6 Å². The van der Waals surface area contributed by atoms with Gasteiger partial charge in [-0.2, -0.15) is 0 Å². The molecule has 1 aliphatic heterocycles. The molecule has 1 heterocycles. The highest BCUT2D eigenvalue weighted by Gasteiger charge is 2.37. The van der Waals surface area contributed by atoms with Crippen molar-refractivity contribution in [3.8, 4) is 5.75 Å². The van der Waals surface area contributed by atoms with Gasteiger partial charge in [0, 0.05) is 18.7 Å². The first kappa shape index (κ1) is 14.5. The van der Waals surface area contributed by atoms with Crippen LogP contribution in [0.1, 0.15) is 13.8 Å². The van der Waals surface area contributed by atoms with E-state index in [0.717, 1.165) is 6.07 Å². The van der Waals surface area contributed by atoms with Crippen molar-refractivity contribution in [2.45, 2.75) is 25.9 Å². The van der Waals surface area contributed by atoms with E-state index in [1.165, 1.54) is 12.1 Å². The lowest BCUT2D eigenvalue weighted by atomic mass is 10.1. The van der Waals surface area contributed by atoms with Crippen molar-refractivity contribution in [1.82, 2.24) is 4.90 Å². The van der Waals surface area contributed by atoms with Gasteiger partial charge in [0.1, 0.15) is 17.6 Å². The number of anilines is 1. The van der Waals surface area contributed by atoms with Crippen LogP contribution in [0.3, 0.4) is 0 Å². The van der Waals surface area contributed by atoms with E-state index in [2.05, 4.69) is 0 Å². The van der Waals surface area contributed by atoms with Gasteiger partial charge in [0.15, 0.2) is 6.29 Å². The normalized spacial score (nSPS) is 19.6. The third-order valence-corrected chi connectivity index (χ3v) is 3.53. The molecule has 1 saturated heterocycles. The third-order valence-electron chi connectivity index (χ3n) is 3.53. The predicted octanol–water partition coefficient (Wildman–Crippen LogP) is 1.16. The van der Waals surface area contributed by atoms with Gasteiger partial charge >= 0.3 is 0 Å². The molecule has 20 heavy (non-hydrogen) atoms. The number of ketones is 1. The van der Waals surface area contributed by atoms with Crippen LogP contribution in [-0.4, -0.2) is 47.4 Å². The molecule has 108 valence electrons. The fraction of sp³-hybridized carbons (Fsp3) is 0.429. The van der Waals surface area contributed by atoms with Gasteiger partial charge in [-0.05, 0) is 26.0 Å². The van der Waals surface area contributed by atoms with Crippen molar-refractivity contribution in [2.75, 3.05) is 18.1 Å². The van der Waals surface area contributed by atoms with Gasteiger partial charge in [0.25, 0.3) is 0 Å². The molecule has 1 aromatic carbocycles. The summed E-state index contributed by atoms with van der Waals surface area (Å²) in [6.45, 7) is 4.69. The summed E-state index contributed by atoms with van der Waals surface area (Å²) in [7, 11) is 0. The van der Waals surface area contributed by atoms with Crippen molar-refractivity contribution in [2.24, 2.45) is 0 Å². The highest BCUT2D eigenvalue weighted by molar-refractivity contribution is 6.28. The van der Waals surface area contributed by atoms with Gasteiger partial charge in [-0.25, -0.2) is 4.39 Å². The number of carbonyl (C=O) groups is 2. The molecule has 1 atom stereocenters. The summed E-state index contributed by atoms with van der Waals surface area (Å²) < 4.78 is 14.0. The van der Waals surface area contributed by atoms with E-state index in [9.17, 15) is 19.1 Å². The van der Waals surface area contributed by atoms with Crippen LogP contribution in [0.5, 0.6) is 5.75 Å². The zero-order valence-corrected chi connectivity index (χ0v) is 11.4. The van der Waals surface area contributed by atoms with Crippen LogP contribution in [-0.2, 0) is 9.59 Å². The molecule has 2 rings (SSSR count). The SMILES string of the molecule is CC(C)N1CC(C(=O)C=O)N(c2ccc(O)cc2F)C1. The monoisotopic (exact) mass is 280 g/mol. The average Bonchev–Trinajstić information content (AvgIpc) is 2.83. The highest BCUT2D eigenvalue weighted by Crippen LogP contribution is 2.29. The number of hydrogen-bond donors (Lipinski definition) is 1. The van der Waals surface area contributed by atoms with Crippen molar-refractivity contribution < 1.29 is 19.1 Å². The zero-order chi connectivity index (χ0) is 14.9. The summed E-state index contributed by atoms with van der Waals surface area (Å²) in [4.78, 5) is 26.0. The second kappa shape index (κ2) is 5.58. The Bertz CT molecular complexity index is 533. The Labute approximate surface area is 116 Å². The molecular formula is C14H17FN2O3. The second-order valence-electron chi connectivity index (χ2n) is 5.15. The van der Waals surface area contributed by atoms with Crippen molar-refractivity contribution in [1.29, 1.82) is 0 Å². The first-order valence-corrected chi connectivity index (χ1v) is 6.42. The first-order valence-electron chi connectivity index (χ1n) is 6.42. The Hall–Kier alpha value is -1.95. The minimum absolute atomic E-state index is 0.176. The topological polar surface area (TPSA) is 60.9 Å². The van der Waals surface area contributed by atoms with Crippen LogP contribution in [0, 0.1) is 5.82 Å². The molecule has 1 aromatic rings. The lowest BCUT2D eigenvalue weighted by molar-refractivity contribution is -0.130. The summed E-state index contributed by atoms with van der Waals surface area (Å²) in [6.07, 6.45) is 0.278. The standard InChI is InChI=1S/C14H17FN2O3/c1-9(2)16-6-13(14(20)7-18)17(8-16)12-4-3-10(19)5-11(12)15/h3-5,7,9,13,19H,6,8H2,1-2H3. The van der Waals surface area contributed by atoms with Gasteiger partial charge in [-0.1, -0.05) is 0 Å². The predicted molar refractivity (Wildman–Crippen MR) is 72.1 cm³/mol. The van der Waals surface area contributed by atoms with E-state index in [-0.39, 0.29) is 23.8 Å². The minimum Gasteiger partial charge on any atom is -0.508 e. The van der Waals surface area contributed by atoms with Gasteiger partial charge in [-0.15, -0.1) is 0 Å². The van der Waals surface area contributed by atoms with Crippen LogP contribution in [0.2, 0.25) is 0 Å². The molecule has 0 amide bonds. The van der Waals surface area contributed by atoms with Crippen LogP contribution in [0.4, 0.5) is 10.1 Å². The molecule has 0 bridgehead atoms. The number of halogens is 1. The molecule has 0 aromatic heterocycles. The molecule has 0 radical (unpaired) electrons. The third kappa shape index (κ3) is 2.65. The highest BCUT2D eigenvalue weighted by atomic mass is 19.1. The Morgan fingerprint density at radius 3 is 2.75 bits per heavy atom. The Balaban J connectivity index is 2.35. The number of benzene rings is 1. The number of rotatable bonds is 4.